The van der Waals surface area contributed by atoms with Gasteiger partial charge in [-0.05, 0) is 121 Å². The van der Waals surface area contributed by atoms with Gasteiger partial charge in [0, 0.05) is 0 Å². The highest BCUT2D eigenvalue weighted by Crippen LogP contribution is 2.48. The summed E-state index contributed by atoms with van der Waals surface area (Å²) < 4.78 is 0. The third-order valence-corrected chi connectivity index (χ3v) is 15.8. The van der Waals surface area contributed by atoms with Crippen molar-refractivity contribution in [1.82, 2.24) is 0 Å². The van der Waals surface area contributed by atoms with Crippen molar-refractivity contribution in [2.24, 2.45) is 0 Å². The minimum Gasteiger partial charge on any atom is -0.0623 e. The number of rotatable bonds is 4. The first kappa shape index (κ1) is 31.9. The van der Waals surface area contributed by atoms with E-state index in [1.54, 1.807) is 0 Å². The number of benzene rings is 10. The molecule has 0 aliphatic carbocycles. The van der Waals surface area contributed by atoms with Crippen molar-refractivity contribution in [3.8, 4) is 55.6 Å². The molecule has 0 unspecified atom stereocenters. The first-order valence-corrected chi connectivity index (χ1v) is 22.3. The second kappa shape index (κ2) is 12.2. The summed E-state index contributed by atoms with van der Waals surface area (Å²) in [5.74, 6) is 0. The van der Waals surface area contributed by atoms with Crippen LogP contribution in [0.5, 0.6) is 0 Å². The van der Waals surface area contributed by atoms with Crippen LogP contribution in [0, 0.1) is 0 Å². The Hall–Kier alpha value is -6.54. The van der Waals surface area contributed by atoms with Crippen LogP contribution in [-0.2, 0) is 0 Å². The molecule has 0 nitrogen and oxygen atoms in total. The average molecular weight is 715 g/mol. The maximum Gasteiger partial charge on any atom is 0.113 e. The molecule has 0 atom stereocenters. The maximum atomic E-state index is 2.61. The third kappa shape index (κ3) is 4.90. The van der Waals surface area contributed by atoms with Crippen LogP contribution in [0.3, 0.4) is 0 Å². The number of fused-ring (bicyclic) bond motifs is 7. The van der Waals surface area contributed by atoms with Gasteiger partial charge in [0.25, 0.3) is 0 Å². The van der Waals surface area contributed by atoms with Crippen molar-refractivity contribution >= 4 is 61.5 Å². The first-order chi connectivity index (χ1) is 27.0. The van der Waals surface area contributed by atoms with Crippen LogP contribution in [0.1, 0.15) is 0 Å². The number of hydrogen-bond donors (Lipinski definition) is 0. The van der Waals surface area contributed by atoms with Crippen molar-refractivity contribution in [3.05, 3.63) is 194 Å². The van der Waals surface area contributed by atoms with Gasteiger partial charge in [-0.3, -0.25) is 0 Å². The van der Waals surface area contributed by atoms with Gasteiger partial charge >= 0.3 is 0 Å². The third-order valence-electron chi connectivity index (χ3n) is 12.3. The molecule has 11 rings (SSSR count). The lowest BCUT2D eigenvalue weighted by molar-refractivity contribution is 1.62. The van der Waals surface area contributed by atoms with Gasteiger partial charge in [-0.15, -0.1) is 0 Å². The Morgan fingerprint density at radius 3 is 1.58 bits per heavy atom. The van der Waals surface area contributed by atoms with E-state index in [1.807, 2.05) is 0 Å². The van der Waals surface area contributed by atoms with Gasteiger partial charge in [0.05, 0.1) is 0 Å². The van der Waals surface area contributed by atoms with Gasteiger partial charge in [0.2, 0.25) is 0 Å². The molecule has 1 heteroatoms. The molecule has 0 bridgehead atoms. The predicted molar refractivity (Wildman–Crippen MR) is 240 cm³/mol. The lowest BCUT2D eigenvalue weighted by Gasteiger charge is -2.23. The molecular weight excluding hydrogens is 677 g/mol. The summed E-state index contributed by atoms with van der Waals surface area (Å²) in [6, 6.07) is 72.7. The molecule has 0 N–H and O–H groups in total. The van der Waals surface area contributed by atoms with E-state index in [0.717, 1.165) is 0 Å². The second-order valence-electron chi connectivity index (χ2n) is 15.6. The van der Waals surface area contributed by atoms with Crippen molar-refractivity contribution in [2.75, 3.05) is 0 Å². The zero-order valence-corrected chi connectivity index (χ0v) is 32.0. The topological polar surface area (TPSA) is 0 Å². The second-order valence-corrected chi connectivity index (χ2v) is 19.9. The zero-order valence-electron chi connectivity index (χ0n) is 31.0. The van der Waals surface area contributed by atoms with E-state index in [2.05, 4.69) is 207 Å². The lowest BCUT2D eigenvalue weighted by Crippen LogP contribution is -2.49. The zero-order chi connectivity index (χ0) is 36.7. The average Bonchev–Trinajstić information content (AvgIpc) is 3.47. The smallest absolute Gasteiger partial charge is 0.0623 e. The summed E-state index contributed by atoms with van der Waals surface area (Å²) in [6.07, 6.45) is 0. The molecule has 0 aromatic heterocycles. The summed E-state index contributed by atoms with van der Waals surface area (Å²) >= 11 is 0. The van der Waals surface area contributed by atoms with E-state index in [9.17, 15) is 0 Å². The molecular formula is C54H38Si. The minimum absolute atomic E-state index is 1.23. The number of hydrogen-bond acceptors (Lipinski definition) is 0. The van der Waals surface area contributed by atoms with Crippen LogP contribution in [0.2, 0.25) is 13.1 Å². The SMILES string of the molecule is C[Si]1(C)c2ccccc2-c2cc3c(-c4ccc(-c5cccc6ccccc56)cc4)c4ccc(-c5ccccc5)cc4c(-c4cccc5ccccc45)c3cc21. The van der Waals surface area contributed by atoms with Crippen LogP contribution in [0.25, 0.3) is 98.7 Å². The van der Waals surface area contributed by atoms with Gasteiger partial charge in [0.15, 0.2) is 0 Å². The molecule has 1 heterocycles. The van der Waals surface area contributed by atoms with Crippen LogP contribution < -0.4 is 10.4 Å². The summed E-state index contributed by atoms with van der Waals surface area (Å²) in [5, 5.41) is 13.3. The fourth-order valence-corrected chi connectivity index (χ4v) is 12.6. The Morgan fingerprint density at radius 2 is 0.818 bits per heavy atom. The molecule has 10 aromatic carbocycles. The fourth-order valence-electron chi connectivity index (χ4n) is 9.57. The standard InChI is InChI=1S/C54H38Si/c1-55(2)51-25-11-10-22-44(51)47-33-49-50(34-52(47)55)54(45-24-13-19-37-17-7-9-21-43(37)45)48-32-40(35-14-4-3-5-15-35)30-31-46(48)53(49)39-28-26-38(27-29-39)42-23-12-18-36-16-6-8-20-41(36)42/h3-34H,1-2H3. The first-order valence-electron chi connectivity index (χ1n) is 19.3. The molecule has 0 radical (unpaired) electrons. The van der Waals surface area contributed by atoms with Crippen LogP contribution >= 0.6 is 0 Å². The molecule has 1 aliphatic heterocycles. The van der Waals surface area contributed by atoms with Gasteiger partial charge in [-0.1, -0.05) is 195 Å². The van der Waals surface area contributed by atoms with Gasteiger partial charge in [0.1, 0.15) is 8.07 Å². The Bertz CT molecular complexity index is 3140. The molecule has 0 amide bonds. The highest BCUT2D eigenvalue weighted by atomic mass is 28.3. The predicted octanol–water partition coefficient (Wildman–Crippen LogP) is 13.8. The van der Waals surface area contributed by atoms with E-state index in [-0.39, 0.29) is 0 Å². The van der Waals surface area contributed by atoms with Crippen molar-refractivity contribution < 1.29 is 0 Å². The Morgan fingerprint density at radius 1 is 0.273 bits per heavy atom. The highest BCUT2D eigenvalue weighted by Gasteiger charge is 2.38. The van der Waals surface area contributed by atoms with E-state index < -0.39 is 8.07 Å². The van der Waals surface area contributed by atoms with E-state index >= 15 is 0 Å². The Balaban J connectivity index is 1.27. The largest absolute Gasteiger partial charge is 0.113 e. The molecule has 1 aliphatic rings. The summed E-state index contributed by atoms with van der Waals surface area (Å²) in [5.41, 5.74) is 12.9. The molecule has 0 saturated carbocycles. The van der Waals surface area contributed by atoms with Crippen LogP contribution in [0.15, 0.2) is 194 Å². The van der Waals surface area contributed by atoms with Crippen molar-refractivity contribution in [1.29, 1.82) is 0 Å². The lowest BCUT2D eigenvalue weighted by atomic mass is 9.82. The van der Waals surface area contributed by atoms with E-state index in [0.29, 0.717) is 0 Å². The monoisotopic (exact) mass is 714 g/mol. The quantitative estimate of drug-likeness (QED) is 0.126. The minimum atomic E-state index is -1.97. The molecule has 0 fully saturated rings. The summed E-state index contributed by atoms with van der Waals surface area (Å²) in [7, 11) is -1.97. The normalized spacial score (nSPS) is 13.1. The maximum absolute atomic E-state index is 2.61. The molecule has 0 spiro atoms. The van der Waals surface area contributed by atoms with Gasteiger partial charge in [-0.25, -0.2) is 0 Å². The Kier molecular flexibility index (Phi) is 7.11. The van der Waals surface area contributed by atoms with E-state index in [1.165, 1.54) is 109 Å². The molecule has 0 saturated heterocycles. The fraction of sp³-hybridized carbons (Fsp3) is 0.0370. The van der Waals surface area contributed by atoms with Gasteiger partial charge in [-0.2, -0.15) is 0 Å². The molecule has 55 heavy (non-hydrogen) atoms. The Labute approximate surface area is 323 Å². The molecule has 10 aromatic rings. The molecule has 258 valence electrons. The highest BCUT2D eigenvalue weighted by molar-refractivity contribution is 7.04. The van der Waals surface area contributed by atoms with Crippen molar-refractivity contribution in [2.45, 2.75) is 13.1 Å². The van der Waals surface area contributed by atoms with Gasteiger partial charge < -0.3 is 0 Å². The summed E-state index contributed by atoms with van der Waals surface area (Å²) in [6.45, 7) is 5.06. The van der Waals surface area contributed by atoms with Crippen molar-refractivity contribution in [3.63, 3.8) is 0 Å². The summed E-state index contributed by atoms with van der Waals surface area (Å²) in [4.78, 5) is 0. The van der Waals surface area contributed by atoms with Crippen LogP contribution in [-0.4, -0.2) is 8.07 Å². The van der Waals surface area contributed by atoms with Crippen LogP contribution in [0.4, 0.5) is 0 Å². The van der Waals surface area contributed by atoms with E-state index in [4.69, 9.17) is 0 Å².